The monoisotopic (exact) mass is 341 g/mol. The number of hydrogen-bond acceptors (Lipinski definition) is 6. The number of ether oxygens (including phenoxy) is 1. The van der Waals surface area contributed by atoms with Crippen molar-refractivity contribution in [3.05, 3.63) is 41.2 Å². The van der Waals surface area contributed by atoms with Crippen LogP contribution < -0.4 is 10.5 Å². The number of fused-ring (bicyclic) bond motifs is 1. The van der Waals surface area contributed by atoms with Gasteiger partial charge in [-0.1, -0.05) is 37.6 Å². The first-order chi connectivity index (χ1) is 12.2. The van der Waals surface area contributed by atoms with E-state index in [1.807, 2.05) is 28.8 Å². The number of aromatic nitrogens is 4. The third kappa shape index (κ3) is 3.56. The zero-order valence-electron chi connectivity index (χ0n) is 14.6. The van der Waals surface area contributed by atoms with Gasteiger partial charge in [-0.25, -0.2) is 9.97 Å². The van der Waals surface area contributed by atoms with Gasteiger partial charge < -0.3 is 15.6 Å². The summed E-state index contributed by atoms with van der Waals surface area (Å²) in [7, 11) is 1.58. The highest BCUT2D eigenvalue weighted by Crippen LogP contribution is 2.25. The molecule has 0 amide bonds. The molecule has 0 bridgehead atoms. The van der Waals surface area contributed by atoms with Crippen LogP contribution in [0.5, 0.6) is 6.01 Å². The molecule has 0 radical (unpaired) electrons. The molecule has 0 unspecified atom stereocenters. The molecule has 7 nitrogen and oxygen atoms in total. The lowest BCUT2D eigenvalue weighted by Crippen LogP contribution is -2.06. The van der Waals surface area contributed by atoms with E-state index in [1.165, 1.54) is 0 Å². The van der Waals surface area contributed by atoms with E-state index in [0.717, 1.165) is 36.2 Å². The van der Waals surface area contributed by atoms with Crippen LogP contribution in [0, 0.1) is 0 Å². The minimum absolute atomic E-state index is 0.0299. The normalized spacial score (nSPS) is 11.2. The molecule has 2 aromatic heterocycles. The third-order valence-electron chi connectivity index (χ3n) is 4.12. The molecule has 3 N–H and O–H groups in total. The number of nitrogens with zero attached hydrogens (tertiary/aromatic N) is 4. The van der Waals surface area contributed by atoms with Crippen molar-refractivity contribution in [2.45, 2.75) is 39.3 Å². The van der Waals surface area contributed by atoms with Gasteiger partial charge in [0.2, 0.25) is 0 Å². The molecule has 0 spiro atoms. The van der Waals surface area contributed by atoms with Gasteiger partial charge in [-0.3, -0.25) is 4.57 Å². The molecular weight excluding hydrogens is 318 g/mol. The number of unbranched alkanes of at least 4 members (excludes halogenated alkanes) is 1. The molecule has 7 heteroatoms. The molecule has 0 atom stereocenters. The lowest BCUT2D eigenvalue weighted by molar-refractivity contribution is 0.282. The van der Waals surface area contributed by atoms with Crippen molar-refractivity contribution in [3.8, 4) is 6.01 Å². The first kappa shape index (κ1) is 17.2. The average molecular weight is 341 g/mol. The van der Waals surface area contributed by atoms with Crippen molar-refractivity contribution < 1.29 is 9.84 Å². The van der Waals surface area contributed by atoms with Crippen molar-refractivity contribution >= 4 is 17.0 Å². The Bertz CT molecular complexity index is 858. The molecule has 0 aliphatic heterocycles. The van der Waals surface area contributed by atoms with Gasteiger partial charge in [-0.15, -0.1) is 0 Å². The lowest BCUT2D eigenvalue weighted by Gasteiger charge is -2.09. The maximum absolute atomic E-state index is 9.17. The lowest BCUT2D eigenvalue weighted by atomic mass is 10.1. The van der Waals surface area contributed by atoms with E-state index < -0.39 is 0 Å². The molecule has 0 saturated carbocycles. The Morgan fingerprint density at radius 1 is 1.12 bits per heavy atom. The Balaban J connectivity index is 2.02. The topological polar surface area (TPSA) is 99.1 Å². The number of hydrogen-bond donors (Lipinski definition) is 2. The van der Waals surface area contributed by atoms with Gasteiger partial charge in [0.05, 0.1) is 20.3 Å². The van der Waals surface area contributed by atoms with E-state index in [0.29, 0.717) is 29.5 Å². The van der Waals surface area contributed by atoms with Gasteiger partial charge in [0.15, 0.2) is 17.0 Å². The average Bonchev–Trinajstić information content (AvgIpc) is 2.99. The summed E-state index contributed by atoms with van der Waals surface area (Å²) in [6.07, 6.45) is 2.87. The zero-order valence-corrected chi connectivity index (χ0v) is 14.6. The first-order valence-electron chi connectivity index (χ1n) is 8.41. The second-order valence-corrected chi connectivity index (χ2v) is 5.96. The summed E-state index contributed by atoms with van der Waals surface area (Å²) in [4.78, 5) is 13.5. The highest BCUT2D eigenvalue weighted by Gasteiger charge is 2.17. The molecule has 1 aromatic carbocycles. The SMILES string of the molecule is CCCCc1nc(N)c2nc(OC)n(Cc3ccc(CO)cc3)c2n1. The smallest absolute Gasteiger partial charge is 0.298 e. The summed E-state index contributed by atoms with van der Waals surface area (Å²) >= 11 is 0. The van der Waals surface area contributed by atoms with E-state index in [2.05, 4.69) is 21.9 Å². The molecule has 132 valence electrons. The number of benzene rings is 1. The second-order valence-electron chi connectivity index (χ2n) is 5.96. The Morgan fingerprint density at radius 2 is 1.84 bits per heavy atom. The van der Waals surface area contributed by atoms with Crippen LogP contribution in [0.25, 0.3) is 11.2 Å². The predicted octanol–water partition coefficient (Wildman–Crippen LogP) is 2.30. The quantitative estimate of drug-likeness (QED) is 0.684. The van der Waals surface area contributed by atoms with Gasteiger partial charge in [0, 0.05) is 6.42 Å². The number of methoxy groups -OCH3 is 1. The van der Waals surface area contributed by atoms with E-state index >= 15 is 0 Å². The maximum Gasteiger partial charge on any atom is 0.298 e. The summed E-state index contributed by atoms with van der Waals surface area (Å²) in [5, 5.41) is 9.17. The van der Waals surface area contributed by atoms with Crippen LogP contribution in [0.15, 0.2) is 24.3 Å². The molecular formula is C18H23N5O2. The van der Waals surface area contributed by atoms with Crippen molar-refractivity contribution in [3.63, 3.8) is 0 Å². The van der Waals surface area contributed by atoms with Crippen LogP contribution >= 0.6 is 0 Å². The molecule has 0 aliphatic rings. The molecule has 25 heavy (non-hydrogen) atoms. The van der Waals surface area contributed by atoms with Crippen LogP contribution in [0.3, 0.4) is 0 Å². The maximum atomic E-state index is 9.17. The number of imidazole rings is 1. The number of nitrogens with two attached hydrogens (primary N) is 1. The fourth-order valence-electron chi connectivity index (χ4n) is 2.73. The molecule has 3 rings (SSSR count). The predicted molar refractivity (Wildman–Crippen MR) is 96.4 cm³/mol. The van der Waals surface area contributed by atoms with Gasteiger partial charge in [-0.2, -0.15) is 4.98 Å². The van der Waals surface area contributed by atoms with E-state index in [9.17, 15) is 5.11 Å². The third-order valence-corrected chi connectivity index (χ3v) is 4.12. The van der Waals surface area contributed by atoms with Gasteiger partial charge in [0.1, 0.15) is 5.82 Å². The summed E-state index contributed by atoms with van der Waals surface area (Å²) < 4.78 is 7.31. The second kappa shape index (κ2) is 7.48. The van der Waals surface area contributed by atoms with Gasteiger partial charge in [-0.05, 0) is 17.5 Å². The molecule has 0 fully saturated rings. The number of aliphatic hydroxyl groups is 1. The van der Waals surface area contributed by atoms with Gasteiger partial charge in [0.25, 0.3) is 6.01 Å². The number of aliphatic hydroxyl groups excluding tert-OH is 1. The summed E-state index contributed by atoms with van der Waals surface area (Å²) in [6, 6.07) is 8.20. The minimum atomic E-state index is 0.0299. The Kier molecular flexibility index (Phi) is 5.14. The van der Waals surface area contributed by atoms with E-state index in [1.54, 1.807) is 7.11 Å². The largest absolute Gasteiger partial charge is 0.468 e. The number of aryl methyl sites for hydroxylation is 1. The van der Waals surface area contributed by atoms with Crippen molar-refractivity contribution in [1.82, 2.24) is 19.5 Å². The number of rotatable bonds is 7. The number of anilines is 1. The molecule has 0 aliphatic carbocycles. The summed E-state index contributed by atoms with van der Waals surface area (Å²) in [5.41, 5.74) is 9.26. The van der Waals surface area contributed by atoms with E-state index in [-0.39, 0.29) is 6.61 Å². The molecule has 2 heterocycles. The van der Waals surface area contributed by atoms with E-state index in [4.69, 9.17) is 10.5 Å². The van der Waals surface area contributed by atoms with Crippen molar-refractivity contribution in [1.29, 1.82) is 0 Å². The van der Waals surface area contributed by atoms with Crippen LogP contribution in [0.1, 0.15) is 36.7 Å². The molecule has 3 aromatic rings. The van der Waals surface area contributed by atoms with Crippen LogP contribution in [-0.2, 0) is 19.6 Å². The van der Waals surface area contributed by atoms with Crippen molar-refractivity contribution in [2.24, 2.45) is 0 Å². The minimum Gasteiger partial charge on any atom is -0.468 e. The summed E-state index contributed by atoms with van der Waals surface area (Å²) in [6.45, 7) is 2.71. The van der Waals surface area contributed by atoms with Crippen LogP contribution in [0.4, 0.5) is 5.82 Å². The highest BCUT2D eigenvalue weighted by molar-refractivity contribution is 5.82. The first-order valence-corrected chi connectivity index (χ1v) is 8.41. The fourth-order valence-corrected chi connectivity index (χ4v) is 2.73. The Morgan fingerprint density at radius 3 is 2.48 bits per heavy atom. The fraction of sp³-hybridized carbons (Fsp3) is 0.389. The van der Waals surface area contributed by atoms with Gasteiger partial charge >= 0.3 is 0 Å². The number of nitrogen functional groups attached to an aromatic ring is 1. The Labute approximate surface area is 146 Å². The zero-order chi connectivity index (χ0) is 17.8. The van der Waals surface area contributed by atoms with Crippen LogP contribution in [-0.4, -0.2) is 31.7 Å². The molecule has 0 saturated heterocycles. The standard InChI is InChI=1S/C18H23N5O2/c1-3-4-5-14-20-16(19)15-17(21-14)23(18(22-15)25-2)10-12-6-8-13(11-24)9-7-12/h6-9,24H,3-5,10-11H2,1-2H3,(H2,19,20,21). The summed E-state index contributed by atoms with van der Waals surface area (Å²) in [5.74, 6) is 1.11. The van der Waals surface area contributed by atoms with Crippen molar-refractivity contribution in [2.75, 3.05) is 12.8 Å². The van der Waals surface area contributed by atoms with Crippen LogP contribution in [0.2, 0.25) is 0 Å². The highest BCUT2D eigenvalue weighted by atomic mass is 16.5. The Hall–Kier alpha value is -2.67.